The Kier molecular flexibility index (Phi) is 3.60. The molecule has 19 heavy (non-hydrogen) atoms. The first-order chi connectivity index (χ1) is 8.87. The maximum Gasteiger partial charge on any atom is 0.412 e. The molecule has 0 saturated carbocycles. The summed E-state index contributed by atoms with van der Waals surface area (Å²) in [5.41, 5.74) is 1.64. The van der Waals surface area contributed by atoms with Crippen LogP contribution in [0.3, 0.4) is 0 Å². The lowest BCUT2D eigenvalue weighted by Crippen LogP contribution is -2.28. The van der Waals surface area contributed by atoms with Gasteiger partial charge in [-0.25, -0.2) is 4.79 Å². The Balaban J connectivity index is 2.22. The van der Waals surface area contributed by atoms with Gasteiger partial charge in [-0.05, 0) is 45.2 Å². The van der Waals surface area contributed by atoms with Crippen LogP contribution in [0, 0.1) is 0 Å². The van der Waals surface area contributed by atoms with E-state index in [2.05, 4.69) is 5.32 Å². The number of anilines is 1. The number of carbonyl (C=O) groups excluding carboxylic acids is 2. The highest BCUT2D eigenvalue weighted by atomic mass is 16.6. The number of Topliss-reactive ketones (excluding diaryl/α,β-unsaturated/α-hetero) is 1. The summed E-state index contributed by atoms with van der Waals surface area (Å²) in [6.07, 6.45) is 1.77. The van der Waals surface area contributed by atoms with Crippen LogP contribution in [0.25, 0.3) is 0 Å². The van der Waals surface area contributed by atoms with Crippen molar-refractivity contribution in [1.29, 1.82) is 0 Å². The quantitative estimate of drug-likeness (QED) is 0.841. The van der Waals surface area contributed by atoms with Gasteiger partial charge in [0.05, 0.1) is 5.69 Å². The Morgan fingerprint density at radius 2 is 2.00 bits per heavy atom. The van der Waals surface area contributed by atoms with Crippen LogP contribution in [-0.2, 0) is 11.2 Å². The third-order valence-electron chi connectivity index (χ3n) is 2.92. The van der Waals surface area contributed by atoms with Crippen molar-refractivity contribution in [2.24, 2.45) is 0 Å². The predicted molar refractivity (Wildman–Crippen MR) is 73.6 cm³/mol. The molecule has 0 heterocycles. The fraction of sp³-hybridized carbons (Fsp3) is 0.467. The van der Waals surface area contributed by atoms with Crippen LogP contribution in [0.1, 0.15) is 49.5 Å². The van der Waals surface area contributed by atoms with Gasteiger partial charge in [-0.2, -0.15) is 0 Å². The summed E-state index contributed by atoms with van der Waals surface area (Å²) in [5, 5.41) is 2.68. The van der Waals surface area contributed by atoms with Crippen molar-refractivity contribution in [3.8, 4) is 0 Å². The monoisotopic (exact) mass is 261 g/mol. The van der Waals surface area contributed by atoms with Gasteiger partial charge < -0.3 is 4.74 Å². The minimum Gasteiger partial charge on any atom is -0.444 e. The number of aryl methyl sites for hydroxylation is 1. The van der Waals surface area contributed by atoms with Gasteiger partial charge in [0.15, 0.2) is 5.78 Å². The van der Waals surface area contributed by atoms with E-state index in [9.17, 15) is 9.59 Å². The number of nitrogens with one attached hydrogen (secondary N) is 1. The van der Waals surface area contributed by atoms with Gasteiger partial charge in [0, 0.05) is 12.0 Å². The van der Waals surface area contributed by atoms with Crippen molar-refractivity contribution >= 4 is 17.6 Å². The number of ether oxygens (including phenoxy) is 1. The number of hydrogen-bond acceptors (Lipinski definition) is 3. The minimum atomic E-state index is -0.553. The van der Waals surface area contributed by atoms with E-state index in [0.29, 0.717) is 17.7 Å². The standard InChI is InChI=1S/C15H19NO3/c1-15(2,3)19-14(18)16-11-8-4-6-10-7-5-9-12(17)13(10)11/h4,6,8H,5,7,9H2,1-3H3,(H,16,18). The summed E-state index contributed by atoms with van der Waals surface area (Å²) in [6, 6.07) is 5.53. The maximum atomic E-state index is 12.0. The van der Waals surface area contributed by atoms with Crippen molar-refractivity contribution in [2.45, 2.75) is 45.6 Å². The van der Waals surface area contributed by atoms with Crippen molar-refractivity contribution in [3.05, 3.63) is 29.3 Å². The van der Waals surface area contributed by atoms with Crippen LogP contribution in [0.5, 0.6) is 0 Å². The highest BCUT2D eigenvalue weighted by Crippen LogP contribution is 2.28. The van der Waals surface area contributed by atoms with E-state index in [0.717, 1.165) is 18.4 Å². The molecule has 0 atom stereocenters. The summed E-state index contributed by atoms with van der Waals surface area (Å²) in [7, 11) is 0. The number of benzene rings is 1. The van der Waals surface area contributed by atoms with Crippen molar-refractivity contribution in [1.82, 2.24) is 0 Å². The topological polar surface area (TPSA) is 55.4 Å². The number of rotatable bonds is 1. The zero-order valence-corrected chi connectivity index (χ0v) is 11.6. The largest absolute Gasteiger partial charge is 0.444 e. The molecule has 1 aliphatic carbocycles. The molecule has 1 aromatic carbocycles. The average molecular weight is 261 g/mol. The molecule has 0 radical (unpaired) electrons. The summed E-state index contributed by atoms with van der Waals surface area (Å²) in [4.78, 5) is 23.8. The van der Waals surface area contributed by atoms with E-state index in [1.165, 1.54) is 0 Å². The smallest absolute Gasteiger partial charge is 0.412 e. The van der Waals surface area contributed by atoms with Gasteiger partial charge in [-0.15, -0.1) is 0 Å². The summed E-state index contributed by atoms with van der Waals surface area (Å²) in [5.74, 6) is 0.0907. The number of fused-ring (bicyclic) bond motifs is 1. The van der Waals surface area contributed by atoms with Gasteiger partial charge in [-0.3, -0.25) is 10.1 Å². The molecule has 0 bridgehead atoms. The lowest BCUT2D eigenvalue weighted by molar-refractivity contribution is 0.0636. The SMILES string of the molecule is CC(C)(C)OC(=O)Nc1cccc2c1C(=O)CCC2. The van der Waals surface area contributed by atoms with Gasteiger partial charge >= 0.3 is 6.09 Å². The number of ketones is 1. The normalized spacial score (nSPS) is 14.8. The van der Waals surface area contributed by atoms with E-state index >= 15 is 0 Å². The van der Waals surface area contributed by atoms with Crippen LogP contribution in [0.2, 0.25) is 0 Å². The maximum absolute atomic E-state index is 12.0. The molecule has 102 valence electrons. The van der Waals surface area contributed by atoms with E-state index in [4.69, 9.17) is 4.74 Å². The molecule has 0 unspecified atom stereocenters. The molecule has 0 spiro atoms. The molecule has 0 aliphatic heterocycles. The van der Waals surface area contributed by atoms with Gasteiger partial charge in [0.1, 0.15) is 5.60 Å². The number of carbonyl (C=O) groups is 2. The Labute approximate surface area is 113 Å². The first-order valence-electron chi connectivity index (χ1n) is 6.52. The number of hydrogen-bond donors (Lipinski definition) is 1. The number of amides is 1. The third kappa shape index (κ3) is 3.34. The molecule has 1 aromatic rings. The zero-order chi connectivity index (χ0) is 14.0. The molecular weight excluding hydrogens is 242 g/mol. The van der Waals surface area contributed by atoms with Crippen LogP contribution >= 0.6 is 0 Å². The highest BCUT2D eigenvalue weighted by Gasteiger charge is 2.23. The van der Waals surface area contributed by atoms with Crippen LogP contribution in [0.4, 0.5) is 10.5 Å². The van der Waals surface area contributed by atoms with Crippen LogP contribution in [-0.4, -0.2) is 17.5 Å². The molecule has 1 amide bonds. The van der Waals surface area contributed by atoms with Crippen LogP contribution in [0.15, 0.2) is 18.2 Å². The average Bonchev–Trinajstić information content (AvgIpc) is 2.26. The molecule has 4 nitrogen and oxygen atoms in total. The van der Waals surface area contributed by atoms with E-state index < -0.39 is 11.7 Å². The van der Waals surface area contributed by atoms with Crippen LogP contribution < -0.4 is 5.32 Å². The third-order valence-corrected chi connectivity index (χ3v) is 2.92. The zero-order valence-electron chi connectivity index (χ0n) is 11.6. The summed E-state index contributed by atoms with van der Waals surface area (Å²) < 4.78 is 5.21. The Hall–Kier alpha value is -1.84. The first-order valence-corrected chi connectivity index (χ1v) is 6.52. The molecule has 1 aliphatic rings. The molecule has 4 heteroatoms. The molecule has 0 saturated heterocycles. The molecular formula is C15H19NO3. The molecule has 2 rings (SSSR count). The molecule has 1 N–H and O–H groups in total. The minimum absolute atomic E-state index is 0.0907. The molecule has 0 aromatic heterocycles. The highest BCUT2D eigenvalue weighted by molar-refractivity contribution is 6.05. The van der Waals surface area contributed by atoms with E-state index in [1.54, 1.807) is 26.8 Å². The first kappa shape index (κ1) is 13.6. The van der Waals surface area contributed by atoms with E-state index in [-0.39, 0.29) is 5.78 Å². The lowest BCUT2D eigenvalue weighted by Gasteiger charge is -2.22. The Morgan fingerprint density at radius 1 is 1.26 bits per heavy atom. The Bertz CT molecular complexity index is 515. The summed E-state index contributed by atoms with van der Waals surface area (Å²) >= 11 is 0. The van der Waals surface area contributed by atoms with Gasteiger partial charge in [-0.1, -0.05) is 12.1 Å². The van der Waals surface area contributed by atoms with Crippen molar-refractivity contribution in [3.63, 3.8) is 0 Å². The van der Waals surface area contributed by atoms with Crippen molar-refractivity contribution < 1.29 is 14.3 Å². The van der Waals surface area contributed by atoms with Gasteiger partial charge in [0.2, 0.25) is 0 Å². The van der Waals surface area contributed by atoms with Gasteiger partial charge in [0.25, 0.3) is 0 Å². The second-order valence-electron chi connectivity index (χ2n) is 5.74. The second kappa shape index (κ2) is 5.03. The van der Waals surface area contributed by atoms with Crippen molar-refractivity contribution in [2.75, 3.05) is 5.32 Å². The Morgan fingerprint density at radius 3 is 2.68 bits per heavy atom. The lowest BCUT2D eigenvalue weighted by atomic mass is 9.89. The van der Waals surface area contributed by atoms with E-state index in [1.807, 2.05) is 12.1 Å². The fourth-order valence-electron chi connectivity index (χ4n) is 2.22. The predicted octanol–water partition coefficient (Wildman–Crippen LogP) is 3.55. The summed E-state index contributed by atoms with van der Waals surface area (Å²) in [6.45, 7) is 5.41. The molecule has 0 fully saturated rings. The fourth-order valence-corrected chi connectivity index (χ4v) is 2.22. The second-order valence-corrected chi connectivity index (χ2v) is 5.74.